The number of imidazole rings is 1. The molecule has 0 atom stereocenters. The van der Waals surface area contributed by atoms with Crippen LogP contribution in [0.25, 0.3) is 11.0 Å². The molecule has 0 aliphatic heterocycles. The molecule has 98 valence electrons. The lowest BCUT2D eigenvalue weighted by Gasteiger charge is -2.04. The summed E-state index contributed by atoms with van der Waals surface area (Å²) in [5.41, 5.74) is 2.99. The normalized spacial score (nSPS) is 18.8. The maximum atomic E-state index is 11.8. The number of hydrogen-bond donors (Lipinski definition) is 1. The second kappa shape index (κ2) is 3.83. The Morgan fingerprint density at radius 2 is 2.11 bits per heavy atom. The van der Waals surface area contributed by atoms with Crippen molar-refractivity contribution >= 4 is 22.6 Å². The highest BCUT2D eigenvalue weighted by molar-refractivity contribution is 5.95. The van der Waals surface area contributed by atoms with Crippen LogP contribution in [0.15, 0.2) is 18.2 Å². The van der Waals surface area contributed by atoms with Crippen LogP contribution in [-0.2, 0) is 11.8 Å². The first kappa shape index (κ1) is 11.0. The zero-order valence-electron chi connectivity index (χ0n) is 11.0. The highest BCUT2D eigenvalue weighted by atomic mass is 16.2. The Bertz CT molecular complexity index is 665. The molecule has 1 amide bonds. The molecule has 2 saturated carbocycles. The van der Waals surface area contributed by atoms with Gasteiger partial charge in [0, 0.05) is 24.6 Å². The second-order valence-electron chi connectivity index (χ2n) is 5.77. The van der Waals surface area contributed by atoms with Gasteiger partial charge in [-0.15, -0.1) is 0 Å². The molecule has 4 nitrogen and oxygen atoms in total. The standard InChI is InChI=1S/C15H17N3O/c1-18-13-7-6-11(16-15(19)10-4-5-10)8-12(13)17-14(18)9-2-3-9/h6-10H,2-5H2,1H3,(H,16,19). The summed E-state index contributed by atoms with van der Waals surface area (Å²) >= 11 is 0. The molecule has 1 aromatic carbocycles. The summed E-state index contributed by atoms with van der Waals surface area (Å²) in [6.45, 7) is 0. The predicted molar refractivity (Wildman–Crippen MR) is 74.0 cm³/mol. The molecule has 19 heavy (non-hydrogen) atoms. The van der Waals surface area contributed by atoms with Gasteiger partial charge in [-0.1, -0.05) is 0 Å². The molecule has 1 heterocycles. The zero-order chi connectivity index (χ0) is 13.0. The van der Waals surface area contributed by atoms with Crippen molar-refractivity contribution in [3.63, 3.8) is 0 Å². The topological polar surface area (TPSA) is 46.9 Å². The average Bonchev–Trinajstić information content (AvgIpc) is 3.27. The van der Waals surface area contributed by atoms with Crippen LogP contribution in [0.3, 0.4) is 0 Å². The van der Waals surface area contributed by atoms with Crippen molar-refractivity contribution in [2.45, 2.75) is 31.6 Å². The number of amides is 1. The molecule has 2 aliphatic carbocycles. The summed E-state index contributed by atoms with van der Waals surface area (Å²) in [7, 11) is 2.07. The molecular formula is C15H17N3O. The number of fused-ring (bicyclic) bond motifs is 1. The van der Waals surface area contributed by atoms with E-state index in [1.807, 2.05) is 12.1 Å². The number of carbonyl (C=O) groups is 1. The highest BCUT2D eigenvalue weighted by Crippen LogP contribution is 2.40. The second-order valence-corrected chi connectivity index (χ2v) is 5.77. The van der Waals surface area contributed by atoms with E-state index in [1.165, 1.54) is 18.7 Å². The molecule has 4 heteroatoms. The fourth-order valence-corrected chi connectivity index (χ4v) is 2.59. The van der Waals surface area contributed by atoms with Gasteiger partial charge < -0.3 is 9.88 Å². The molecule has 1 aromatic heterocycles. The first-order chi connectivity index (χ1) is 9.22. The van der Waals surface area contributed by atoms with Gasteiger partial charge in [0.15, 0.2) is 0 Å². The van der Waals surface area contributed by atoms with E-state index in [0.29, 0.717) is 5.92 Å². The Morgan fingerprint density at radius 1 is 1.32 bits per heavy atom. The van der Waals surface area contributed by atoms with Crippen LogP contribution in [0.1, 0.15) is 37.4 Å². The first-order valence-electron chi connectivity index (χ1n) is 6.99. The molecule has 2 aromatic rings. The van der Waals surface area contributed by atoms with Gasteiger partial charge in [0.1, 0.15) is 5.82 Å². The Balaban J connectivity index is 1.68. The maximum Gasteiger partial charge on any atom is 0.227 e. The third-order valence-corrected chi connectivity index (χ3v) is 4.07. The molecule has 0 spiro atoms. The molecule has 0 unspecified atom stereocenters. The smallest absolute Gasteiger partial charge is 0.227 e. The number of aromatic nitrogens is 2. The number of nitrogens with one attached hydrogen (secondary N) is 1. The number of nitrogens with zero attached hydrogens (tertiary/aromatic N) is 2. The SMILES string of the molecule is Cn1c(C2CC2)nc2cc(NC(=O)C3CC3)ccc21. The Labute approximate surface area is 111 Å². The number of anilines is 1. The molecule has 2 aliphatic rings. The third-order valence-electron chi connectivity index (χ3n) is 4.07. The minimum Gasteiger partial charge on any atom is -0.331 e. The predicted octanol–water partition coefficient (Wildman–Crippen LogP) is 2.80. The average molecular weight is 255 g/mol. The lowest BCUT2D eigenvalue weighted by atomic mass is 10.2. The van der Waals surface area contributed by atoms with Gasteiger partial charge >= 0.3 is 0 Å². The molecular weight excluding hydrogens is 238 g/mol. The number of aryl methyl sites for hydroxylation is 1. The summed E-state index contributed by atoms with van der Waals surface area (Å²) in [5.74, 6) is 2.21. The Morgan fingerprint density at radius 3 is 2.79 bits per heavy atom. The lowest BCUT2D eigenvalue weighted by molar-refractivity contribution is -0.117. The maximum absolute atomic E-state index is 11.8. The van der Waals surface area contributed by atoms with Crippen molar-refractivity contribution < 1.29 is 4.79 Å². The molecule has 0 radical (unpaired) electrons. The molecule has 0 saturated heterocycles. The van der Waals surface area contributed by atoms with Crippen molar-refractivity contribution in [1.29, 1.82) is 0 Å². The van der Waals surface area contributed by atoms with Crippen LogP contribution < -0.4 is 5.32 Å². The fraction of sp³-hybridized carbons (Fsp3) is 0.467. The summed E-state index contributed by atoms with van der Waals surface area (Å²) < 4.78 is 2.18. The van der Waals surface area contributed by atoms with E-state index in [2.05, 4.69) is 23.0 Å². The summed E-state index contributed by atoms with van der Waals surface area (Å²) in [6, 6.07) is 6.01. The van der Waals surface area contributed by atoms with Gasteiger partial charge in [-0.2, -0.15) is 0 Å². The molecule has 0 bridgehead atoms. The molecule has 1 N–H and O–H groups in total. The van der Waals surface area contributed by atoms with E-state index < -0.39 is 0 Å². The zero-order valence-corrected chi connectivity index (χ0v) is 11.0. The van der Waals surface area contributed by atoms with Crippen LogP contribution in [0.5, 0.6) is 0 Å². The lowest BCUT2D eigenvalue weighted by Crippen LogP contribution is -2.13. The number of carbonyl (C=O) groups excluding carboxylic acids is 1. The van der Waals surface area contributed by atoms with Crippen LogP contribution in [0, 0.1) is 5.92 Å². The van der Waals surface area contributed by atoms with Gasteiger partial charge in [0.25, 0.3) is 0 Å². The van der Waals surface area contributed by atoms with Crippen molar-refractivity contribution in [3.05, 3.63) is 24.0 Å². The molecule has 2 fully saturated rings. The van der Waals surface area contributed by atoms with E-state index in [-0.39, 0.29) is 11.8 Å². The van der Waals surface area contributed by atoms with Crippen molar-refractivity contribution in [2.75, 3.05) is 5.32 Å². The number of rotatable bonds is 3. The highest BCUT2D eigenvalue weighted by Gasteiger charge is 2.30. The Hall–Kier alpha value is -1.84. The minimum absolute atomic E-state index is 0.151. The van der Waals surface area contributed by atoms with Crippen LogP contribution in [0.4, 0.5) is 5.69 Å². The van der Waals surface area contributed by atoms with Gasteiger partial charge in [-0.25, -0.2) is 4.98 Å². The van der Waals surface area contributed by atoms with E-state index in [0.717, 1.165) is 29.6 Å². The van der Waals surface area contributed by atoms with E-state index in [9.17, 15) is 4.79 Å². The van der Waals surface area contributed by atoms with Gasteiger partial charge in [-0.3, -0.25) is 4.79 Å². The van der Waals surface area contributed by atoms with Crippen molar-refractivity contribution in [3.8, 4) is 0 Å². The van der Waals surface area contributed by atoms with E-state index in [1.54, 1.807) is 0 Å². The van der Waals surface area contributed by atoms with Gasteiger partial charge in [0.05, 0.1) is 11.0 Å². The number of benzene rings is 1. The summed E-state index contributed by atoms with van der Waals surface area (Å²) in [4.78, 5) is 16.5. The molecule has 4 rings (SSSR count). The van der Waals surface area contributed by atoms with Crippen molar-refractivity contribution in [2.24, 2.45) is 13.0 Å². The quantitative estimate of drug-likeness (QED) is 0.916. The van der Waals surface area contributed by atoms with Gasteiger partial charge in [-0.05, 0) is 43.9 Å². The first-order valence-corrected chi connectivity index (χ1v) is 6.99. The largest absolute Gasteiger partial charge is 0.331 e. The van der Waals surface area contributed by atoms with E-state index >= 15 is 0 Å². The minimum atomic E-state index is 0.151. The third kappa shape index (κ3) is 1.91. The van der Waals surface area contributed by atoms with E-state index in [4.69, 9.17) is 4.98 Å². The van der Waals surface area contributed by atoms with Crippen LogP contribution >= 0.6 is 0 Å². The summed E-state index contributed by atoms with van der Waals surface area (Å²) in [6.07, 6.45) is 4.57. The van der Waals surface area contributed by atoms with Gasteiger partial charge in [0.2, 0.25) is 5.91 Å². The summed E-state index contributed by atoms with van der Waals surface area (Å²) in [5, 5.41) is 2.98. The van der Waals surface area contributed by atoms with Crippen molar-refractivity contribution in [1.82, 2.24) is 9.55 Å². The van der Waals surface area contributed by atoms with Crippen LogP contribution in [0.2, 0.25) is 0 Å². The monoisotopic (exact) mass is 255 g/mol. The number of hydrogen-bond acceptors (Lipinski definition) is 2. The Kier molecular flexibility index (Phi) is 2.22. The van der Waals surface area contributed by atoms with Crippen LogP contribution in [-0.4, -0.2) is 15.5 Å². The fourth-order valence-electron chi connectivity index (χ4n) is 2.59.